The van der Waals surface area contributed by atoms with E-state index in [9.17, 15) is 0 Å². The van der Waals surface area contributed by atoms with Crippen molar-refractivity contribution in [2.24, 2.45) is 11.3 Å². The van der Waals surface area contributed by atoms with Gasteiger partial charge in [0, 0.05) is 6.04 Å². The summed E-state index contributed by atoms with van der Waals surface area (Å²) in [5, 5.41) is 0. The highest BCUT2D eigenvalue weighted by Gasteiger charge is 2.43. The highest BCUT2D eigenvalue weighted by atomic mass is 15.2. The Morgan fingerprint density at radius 1 is 1.67 bits per heavy atom. The van der Waals surface area contributed by atoms with Crippen molar-refractivity contribution in [1.29, 1.82) is 0 Å². The molecule has 0 bridgehead atoms. The Morgan fingerprint density at radius 3 is 2.58 bits per heavy atom. The molecular formula is C10H20N2. The summed E-state index contributed by atoms with van der Waals surface area (Å²) in [5.41, 5.74) is 4.64. The zero-order valence-electron chi connectivity index (χ0n) is 8.19. The van der Waals surface area contributed by atoms with Crippen LogP contribution in [0.4, 0.5) is 0 Å². The predicted octanol–water partition coefficient (Wildman–Crippen LogP) is 1.97. The Balaban J connectivity index is 2.31. The zero-order chi connectivity index (χ0) is 9.19. The molecule has 12 heavy (non-hydrogen) atoms. The average Bonchev–Trinajstić information content (AvgIpc) is 2.69. The van der Waals surface area contributed by atoms with Crippen LogP contribution in [0.1, 0.15) is 39.5 Å². The van der Waals surface area contributed by atoms with E-state index >= 15 is 0 Å². The highest BCUT2D eigenvalue weighted by Crippen LogP contribution is 2.49. The van der Waals surface area contributed by atoms with E-state index in [4.69, 9.17) is 5.84 Å². The highest BCUT2D eigenvalue weighted by molar-refractivity contribution is 5.00. The monoisotopic (exact) mass is 168 g/mol. The van der Waals surface area contributed by atoms with Gasteiger partial charge in [-0.1, -0.05) is 12.5 Å². The van der Waals surface area contributed by atoms with Gasteiger partial charge < -0.3 is 0 Å². The predicted molar refractivity (Wildman–Crippen MR) is 52.5 cm³/mol. The van der Waals surface area contributed by atoms with E-state index in [2.05, 4.69) is 25.9 Å². The smallest absolute Gasteiger partial charge is 0.0267 e. The molecule has 0 amide bonds. The number of nitrogens with two attached hydrogens (primary N) is 1. The second kappa shape index (κ2) is 3.58. The minimum Gasteiger partial charge on any atom is -0.271 e. The maximum Gasteiger partial charge on any atom is 0.0267 e. The van der Waals surface area contributed by atoms with E-state index in [-0.39, 0.29) is 0 Å². The summed E-state index contributed by atoms with van der Waals surface area (Å²) in [6, 6.07) is 0.481. The van der Waals surface area contributed by atoms with Crippen LogP contribution in [0.2, 0.25) is 0 Å². The lowest BCUT2D eigenvalue weighted by Crippen LogP contribution is -2.40. The van der Waals surface area contributed by atoms with E-state index < -0.39 is 0 Å². The van der Waals surface area contributed by atoms with Crippen molar-refractivity contribution >= 4 is 0 Å². The van der Waals surface area contributed by atoms with Crippen LogP contribution in [0.3, 0.4) is 0 Å². The number of allylic oxidation sites excluding steroid dienone is 1. The third-order valence-corrected chi connectivity index (χ3v) is 2.94. The Kier molecular flexibility index (Phi) is 2.91. The molecule has 1 aliphatic rings. The van der Waals surface area contributed by atoms with Crippen molar-refractivity contribution < 1.29 is 0 Å². The molecule has 0 aromatic rings. The Labute approximate surface area is 75.2 Å². The van der Waals surface area contributed by atoms with Crippen molar-refractivity contribution in [3.63, 3.8) is 0 Å². The number of rotatable bonds is 5. The lowest BCUT2D eigenvalue weighted by molar-refractivity contribution is 0.342. The van der Waals surface area contributed by atoms with Crippen LogP contribution in [0.25, 0.3) is 0 Å². The molecule has 0 radical (unpaired) electrons. The lowest BCUT2D eigenvalue weighted by Gasteiger charge is -2.22. The Bertz CT molecular complexity index is 171. The van der Waals surface area contributed by atoms with Crippen molar-refractivity contribution in [2.45, 2.75) is 45.6 Å². The fourth-order valence-corrected chi connectivity index (χ4v) is 1.57. The molecule has 0 spiro atoms. The van der Waals surface area contributed by atoms with E-state index in [0.717, 1.165) is 12.8 Å². The minimum absolute atomic E-state index is 0.476. The first-order valence-corrected chi connectivity index (χ1v) is 4.69. The standard InChI is InChI=1S/C10H20N2/c1-8(2)4-5-9(12-11)10(3)6-7-10/h9,12H,1,4-7,11H2,2-3H3. The molecule has 1 saturated carbocycles. The van der Waals surface area contributed by atoms with Crippen molar-refractivity contribution in [3.05, 3.63) is 12.2 Å². The van der Waals surface area contributed by atoms with Gasteiger partial charge in [0.15, 0.2) is 0 Å². The van der Waals surface area contributed by atoms with Crippen LogP contribution in [-0.2, 0) is 0 Å². The van der Waals surface area contributed by atoms with Gasteiger partial charge in [0.2, 0.25) is 0 Å². The topological polar surface area (TPSA) is 38.0 Å². The van der Waals surface area contributed by atoms with E-state index in [1.165, 1.54) is 18.4 Å². The van der Waals surface area contributed by atoms with Crippen molar-refractivity contribution in [3.8, 4) is 0 Å². The van der Waals surface area contributed by atoms with Crippen LogP contribution in [0.15, 0.2) is 12.2 Å². The van der Waals surface area contributed by atoms with Crippen LogP contribution in [-0.4, -0.2) is 6.04 Å². The number of hydrazine groups is 1. The number of nitrogens with one attached hydrogen (secondary N) is 1. The summed E-state index contributed by atoms with van der Waals surface area (Å²) >= 11 is 0. The molecule has 2 nitrogen and oxygen atoms in total. The van der Waals surface area contributed by atoms with Gasteiger partial charge in [0.05, 0.1) is 0 Å². The molecule has 70 valence electrons. The van der Waals surface area contributed by atoms with Gasteiger partial charge >= 0.3 is 0 Å². The Morgan fingerprint density at radius 2 is 2.25 bits per heavy atom. The van der Waals surface area contributed by atoms with Gasteiger partial charge in [-0.3, -0.25) is 11.3 Å². The maximum atomic E-state index is 5.51. The quantitative estimate of drug-likeness (QED) is 0.374. The van der Waals surface area contributed by atoms with Gasteiger partial charge in [-0.2, -0.15) is 0 Å². The normalized spacial score (nSPS) is 21.9. The summed E-state index contributed by atoms with van der Waals surface area (Å²) in [6.45, 7) is 8.27. The molecule has 2 heteroatoms. The summed E-state index contributed by atoms with van der Waals surface area (Å²) in [5.74, 6) is 5.51. The molecule has 0 saturated heterocycles. The summed E-state index contributed by atoms with van der Waals surface area (Å²) in [4.78, 5) is 0. The van der Waals surface area contributed by atoms with E-state index in [1.807, 2.05) is 0 Å². The molecule has 1 fully saturated rings. The fraction of sp³-hybridized carbons (Fsp3) is 0.800. The minimum atomic E-state index is 0.476. The number of hydrogen-bond donors (Lipinski definition) is 2. The van der Waals surface area contributed by atoms with Crippen LogP contribution in [0.5, 0.6) is 0 Å². The summed E-state index contributed by atoms with van der Waals surface area (Å²) < 4.78 is 0. The second-order valence-corrected chi connectivity index (χ2v) is 4.37. The first-order chi connectivity index (χ1) is 5.58. The molecule has 1 unspecified atom stereocenters. The van der Waals surface area contributed by atoms with Crippen LogP contribution < -0.4 is 11.3 Å². The van der Waals surface area contributed by atoms with Crippen molar-refractivity contribution in [1.82, 2.24) is 5.43 Å². The molecule has 0 aromatic carbocycles. The molecule has 1 rings (SSSR count). The second-order valence-electron chi connectivity index (χ2n) is 4.37. The largest absolute Gasteiger partial charge is 0.271 e. The third-order valence-electron chi connectivity index (χ3n) is 2.94. The van der Waals surface area contributed by atoms with Crippen LogP contribution in [0, 0.1) is 5.41 Å². The van der Waals surface area contributed by atoms with Crippen LogP contribution >= 0.6 is 0 Å². The van der Waals surface area contributed by atoms with Gasteiger partial charge in [-0.05, 0) is 38.0 Å². The van der Waals surface area contributed by atoms with Gasteiger partial charge in [-0.25, -0.2) is 0 Å². The summed E-state index contributed by atoms with van der Waals surface area (Å²) in [6.07, 6.45) is 4.85. The zero-order valence-corrected chi connectivity index (χ0v) is 8.19. The molecule has 0 heterocycles. The van der Waals surface area contributed by atoms with Crippen molar-refractivity contribution in [2.75, 3.05) is 0 Å². The first-order valence-electron chi connectivity index (χ1n) is 4.69. The first kappa shape index (κ1) is 9.75. The van der Waals surface area contributed by atoms with Gasteiger partial charge in [-0.15, -0.1) is 6.58 Å². The molecule has 0 aliphatic heterocycles. The summed E-state index contributed by atoms with van der Waals surface area (Å²) in [7, 11) is 0. The van der Waals surface area contributed by atoms with Gasteiger partial charge in [0.1, 0.15) is 0 Å². The third kappa shape index (κ3) is 2.32. The molecule has 1 aliphatic carbocycles. The fourth-order valence-electron chi connectivity index (χ4n) is 1.57. The molecule has 1 atom stereocenters. The molecular weight excluding hydrogens is 148 g/mol. The lowest BCUT2D eigenvalue weighted by atomic mass is 9.94. The van der Waals surface area contributed by atoms with E-state index in [1.54, 1.807) is 0 Å². The molecule has 0 aromatic heterocycles. The SMILES string of the molecule is C=C(C)CCC(NN)C1(C)CC1. The van der Waals surface area contributed by atoms with E-state index in [0.29, 0.717) is 11.5 Å². The average molecular weight is 168 g/mol. The van der Waals surface area contributed by atoms with Gasteiger partial charge in [0.25, 0.3) is 0 Å². The molecule has 3 N–H and O–H groups in total. The maximum absolute atomic E-state index is 5.51. The Hall–Kier alpha value is -0.340. The number of hydrogen-bond acceptors (Lipinski definition) is 2.